The summed E-state index contributed by atoms with van der Waals surface area (Å²) in [6.45, 7) is 0. The van der Waals surface area contributed by atoms with Crippen molar-refractivity contribution in [3.63, 3.8) is 0 Å². The Morgan fingerprint density at radius 2 is 2.14 bits per heavy atom. The number of carbonyl (C=O) groups is 2. The summed E-state index contributed by atoms with van der Waals surface area (Å²) in [7, 11) is 0. The number of hydrogen-bond acceptors (Lipinski definition) is 3. The summed E-state index contributed by atoms with van der Waals surface area (Å²) in [5, 5.41) is 12.2. The minimum Gasteiger partial charge on any atom is -0.465 e. The number of amides is 2. The SMILES string of the molecule is O=C(NC1CCCc2ccccc21)C1CSCN1C(=O)O. The fourth-order valence-corrected chi connectivity index (χ4v) is 4.17. The van der Waals surface area contributed by atoms with Crippen molar-refractivity contribution in [2.75, 3.05) is 11.6 Å². The maximum absolute atomic E-state index is 12.4. The Balaban J connectivity index is 1.73. The highest BCUT2D eigenvalue weighted by Crippen LogP contribution is 2.30. The maximum atomic E-state index is 12.4. The Morgan fingerprint density at radius 3 is 2.95 bits per heavy atom. The predicted molar refractivity (Wildman–Crippen MR) is 81.2 cm³/mol. The minimum absolute atomic E-state index is 0.00342. The van der Waals surface area contributed by atoms with Crippen molar-refractivity contribution < 1.29 is 14.7 Å². The molecular weight excluding hydrogens is 288 g/mol. The summed E-state index contributed by atoms with van der Waals surface area (Å²) in [4.78, 5) is 24.8. The highest BCUT2D eigenvalue weighted by Gasteiger charge is 2.36. The van der Waals surface area contributed by atoms with Gasteiger partial charge in [-0.25, -0.2) is 4.79 Å². The van der Waals surface area contributed by atoms with Crippen LogP contribution in [0.1, 0.15) is 30.0 Å². The first-order valence-electron chi connectivity index (χ1n) is 7.12. The molecule has 0 radical (unpaired) electrons. The molecule has 1 aliphatic carbocycles. The van der Waals surface area contributed by atoms with E-state index in [9.17, 15) is 9.59 Å². The largest absolute Gasteiger partial charge is 0.465 e. The number of fused-ring (bicyclic) bond motifs is 1. The van der Waals surface area contributed by atoms with E-state index >= 15 is 0 Å². The molecule has 1 saturated heterocycles. The van der Waals surface area contributed by atoms with Gasteiger partial charge in [-0.05, 0) is 30.4 Å². The lowest BCUT2D eigenvalue weighted by molar-refractivity contribution is -0.125. The molecule has 1 aromatic rings. The first-order chi connectivity index (χ1) is 10.2. The van der Waals surface area contributed by atoms with Crippen molar-refractivity contribution in [3.05, 3.63) is 35.4 Å². The lowest BCUT2D eigenvalue weighted by atomic mass is 9.87. The second-order valence-corrected chi connectivity index (χ2v) is 6.42. The Morgan fingerprint density at radius 1 is 1.33 bits per heavy atom. The topological polar surface area (TPSA) is 69.6 Å². The smallest absolute Gasteiger partial charge is 0.408 e. The molecule has 3 rings (SSSR count). The van der Waals surface area contributed by atoms with Gasteiger partial charge in [-0.1, -0.05) is 24.3 Å². The van der Waals surface area contributed by atoms with Crippen LogP contribution in [0.5, 0.6) is 0 Å². The first kappa shape index (κ1) is 14.3. The molecular formula is C15H18N2O3S. The van der Waals surface area contributed by atoms with Crippen LogP contribution in [0, 0.1) is 0 Å². The number of carbonyl (C=O) groups excluding carboxylic acids is 1. The van der Waals surface area contributed by atoms with Crippen molar-refractivity contribution in [2.24, 2.45) is 0 Å². The van der Waals surface area contributed by atoms with Gasteiger partial charge in [0.2, 0.25) is 5.91 Å². The zero-order chi connectivity index (χ0) is 14.8. The first-order valence-corrected chi connectivity index (χ1v) is 8.28. The van der Waals surface area contributed by atoms with Gasteiger partial charge in [0.15, 0.2) is 0 Å². The number of thioether (sulfide) groups is 1. The van der Waals surface area contributed by atoms with E-state index in [1.54, 1.807) is 0 Å². The van der Waals surface area contributed by atoms with Gasteiger partial charge in [0, 0.05) is 5.75 Å². The third-order valence-electron chi connectivity index (χ3n) is 4.12. The van der Waals surface area contributed by atoms with Crippen LogP contribution in [-0.2, 0) is 11.2 Å². The van der Waals surface area contributed by atoms with Gasteiger partial charge in [0.1, 0.15) is 6.04 Å². The van der Waals surface area contributed by atoms with Crippen LogP contribution in [0.15, 0.2) is 24.3 Å². The fourth-order valence-electron chi connectivity index (χ4n) is 3.02. The Kier molecular flexibility index (Phi) is 4.05. The molecule has 0 bridgehead atoms. The summed E-state index contributed by atoms with van der Waals surface area (Å²) in [5.74, 6) is 0.727. The van der Waals surface area contributed by atoms with Crippen LogP contribution >= 0.6 is 11.8 Å². The average molecular weight is 306 g/mol. The molecule has 0 saturated carbocycles. The van der Waals surface area contributed by atoms with Crippen molar-refractivity contribution in [3.8, 4) is 0 Å². The van der Waals surface area contributed by atoms with Gasteiger partial charge < -0.3 is 10.4 Å². The van der Waals surface area contributed by atoms with Crippen molar-refractivity contribution in [1.29, 1.82) is 0 Å². The maximum Gasteiger partial charge on any atom is 0.408 e. The van der Waals surface area contributed by atoms with Crippen LogP contribution in [-0.4, -0.2) is 39.7 Å². The second kappa shape index (κ2) is 5.97. The van der Waals surface area contributed by atoms with Crippen molar-refractivity contribution in [2.45, 2.75) is 31.3 Å². The van der Waals surface area contributed by atoms with E-state index in [2.05, 4.69) is 17.4 Å². The summed E-state index contributed by atoms with van der Waals surface area (Å²) in [6.07, 6.45) is 1.98. The zero-order valence-corrected chi connectivity index (χ0v) is 12.4. The van der Waals surface area contributed by atoms with Gasteiger partial charge in [-0.3, -0.25) is 9.69 Å². The number of rotatable bonds is 2. The van der Waals surface area contributed by atoms with E-state index in [1.807, 2.05) is 12.1 Å². The second-order valence-electron chi connectivity index (χ2n) is 5.42. The molecule has 1 fully saturated rings. The van der Waals surface area contributed by atoms with Gasteiger partial charge in [0.05, 0.1) is 11.9 Å². The molecule has 1 heterocycles. The van der Waals surface area contributed by atoms with E-state index < -0.39 is 12.1 Å². The molecule has 2 amide bonds. The number of carboxylic acid groups (broad SMARTS) is 1. The third kappa shape index (κ3) is 2.85. The number of hydrogen-bond donors (Lipinski definition) is 2. The Hall–Kier alpha value is -1.69. The molecule has 2 atom stereocenters. The van der Waals surface area contributed by atoms with Gasteiger partial charge in [0.25, 0.3) is 0 Å². The molecule has 2 aliphatic rings. The fraction of sp³-hybridized carbons (Fsp3) is 0.467. The molecule has 112 valence electrons. The van der Waals surface area contributed by atoms with Crippen molar-refractivity contribution >= 4 is 23.8 Å². The highest BCUT2D eigenvalue weighted by molar-refractivity contribution is 7.99. The van der Waals surface area contributed by atoms with E-state index in [0.29, 0.717) is 11.6 Å². The lowest BCUT2D eigenvalue weighted by Crippen LogP contribution is -2.48. The lowest BCUT2D eigenvalue weighted by Gasteiger charge is -2.28. The zero-order valence-electron chi connectivity index (χ0n) is 11.6. The third-order valence-corrected chi connectivity index (χ3v) is 5.13. The molecule has 1 aromatic carbocycles. The van der Waals surface area contributed by atoms with Crippen LogP contribution in [0.3, 0.4) is 0 Å². The van der Waals surface area contributed by atoms with Crippen LogP contribution in [0.4, 0.5) is 4.79 Å². The van der Waals surface area contributed by atoms with Gasteiger partial charge in [-0.15, -0.1) is 11.8 Å². The van der Waals surface area contributed by atoms with Crippen LogP contribution < -0.4 is 5.32 Å². The summed E-state index contributed by atoms with van der Waals surface area (Å²) >= 11 is 1.48. The van der Waals surface area contributed by atoms with Gasteiger partial charge >= 0.3 is 6.09 Å². The predicted octanol–water partition coefficient (Wildman–Crippen LogP) is 2.23. The Labute approximate surface area is 127 Å². The standard InChI is InChI=1S/C15H18N2O3S/c18-14(13-8-21-9-17(13)15(19)20)16-12-7-3-5-10-4-1-2-6-11(10)12/h1-2,4,6,12-13H,3,5,7-9H2,(H,16,18)(H,19,20). The number of nitrogens with one attached hydrogen (secondary N) is 1. The van der Waals surface area contributed by atoms with E-state index in [-0.39, 0.29) is 11.9 Å². The van der Waals surface area contributed by atoms with Gasteiger partial charge in [-0.2, -0.15) is 0 Å². The molecule has 6 heteroatoms. The van der Waals surface area contributed by atoms with E-state index in [1.165, 1.54) is 27.8 Å². The summed E-state index contributed by atoms with van der Waals surface area (Å²) < 4.78 is 0. The molecule has 21 heavy (non-hydrogen) atoms. The molecule has 1 aliphatic heterocycles. The Bertz CT molecular complexity index is 564. The summed E-state index contributed by atoms with van der Waals surface area (Å²) in [6, 6.07) is 7.59. The number of aryl methyl sites for hydroxylation is 1. The van der Waals surface area contributed by atoms with Crippen LogP contribution in [0.2, 0.25) is 0 Å². The van der Waals surface area contributed by atoms with Crippen LogP contribution in [0.25, 0.3) is 0 Å². The number of nitrogens with zero attached hydrogens (tertiary/aromatic N) is 1. The van der Waals surface area contributed by atoms with E-state index in [4.69, 9.17) is 5.11 Å². The highest BCUT2D eigenvalue weighted by atomic mass is 32.2. The molecule has 5 nitrogen and oxygen atoms in total. The molecule has 0 spiro atoms. The van der Waals surface area contributed by atoms with Crippen molar-refractivity contribution in [1.82, 2.24) is 10.2 Å². The number of benzene rings is 1. The minimum atomic E-state index is -1.02. The summed E-state index contributed by atoms with van der Waals surface area (Å²) in [5.41, 5.74) is 2.45. The molecule has 0 aromatic heterocycles. The quantitative estimate of drug-likeness (QED) is 0.879. The molecule has 2 unspecified atom stereocenters. The monoisotopic (exact) mass is 306 g/mol. The normalized spacial score (nSPS) is 24.5. The molecule has 2 N–H and O–H groups in total. The van der Waals surface area contributed by atoms with E-state index in [0.717, 1.165) is 19.3 Å². The average Bonchev–Trinajstić information content (AvgIpc) is 2.97.